The van der Waals surface area contributed by atoms with Gasteiger partial charge >= 0.3 is 0 Å². The van der Waals surface area contributed by atoms with E-state index in [0.717, 1.165) is 11.6 Å². The number of rotatable bonds is 2. The zero-order valence-corrected chi connectivity index (χ0v) is 8.67. The molecule has 1 nitrogen and oxygen atoms in total. The molecule has 0 amide bonds. The van der Waals surface area contributed by atoms with E-state index >= 15 is 0 Å². The van der Waals surface area contributed by atoms with Crippen LogP contribution in [0.2, 0.25) is 0 Å². The Hall–Kier alpha value is -0.270. The van der Waals surface area contributed by atoms with E-state index < -0.39 is 0 Å². The fourth-order valence-corrected chi connectivity index (χ4v) is 1.74. The van der Waals surface area contributed by atoms with Crippen molar-refractivity contribution in [2.75, 3.05) is 20.6 Å². The van der Waals surface area contributed by atoms with Crippen LogP contribution in [-0.4, -0.2) is 25.5 Å². The minimum Gasteiger partial charge on any atom is -0.309 e. The van der Waals surface area contributed by atoms with Crippen molar-refractivity contribution < 1.29 is 0 Å². The normalized spacial score (nSPS) is 29.2. The lowest BCUT2D eigenvalue weighted by Crippen LogP contribution is -2.25. The third-order valence-corrected chi connectivity index (χ3v) is 2.43. The van der Waals surface area contributed by atoms with Crippen LogP contribution in [0.3, 0.4) is 0 Å². The molecule has 1 aliphatic carbocycles. The van der Waals surface area contributed by atoms with Crippen molar-refractivity contribution in [3.63, 3.8) is 0 Å². The third-order valence-electron chi connectivity index (χ3n) is 2.18. The summed E-state index contributed by atoms with van der Waals surface area (Å²) in [6.07, 6.45) is 6.32. The number of hydrogen-bond acceptors (Lipinski definition) is 1. The second-order valence-electron chi connectivity index (χ2n) is 3.70. The highest BCUT2D eigenvalue weighted by atomic mass is 35.5. The average molecular weight is 186 g/mol. The minimum atomic E-state index is 0.560. The molecule has 2 heteroatoms. The minimum absolute atomic E-state index is 0.560. The number of halogens is 1. The van der Waals surface area contributed by atoms with Crippen LogP contribution in [0.4, 0.5) is 0 Å². The predicted molar refractivity (Wildman–Crippen MR) is 54.3 cm³/mol. The fraction of sp³-hybridized carbons (Fsp3) is 0.600. The van der Waals surface area contributed by atoms with Gasteiger partial charge in [-0.15, -0.1) is 0 Å². The largest absolute Gasteiger partial charge is 0.309 e. The lowest BCUT2D eigenvalue weighted by Gasteiger charge is -2.24. The van der Waals surface area contributed by atoms with Crippen LogP contribution in [-0.2, 0) is 0 Å². The van der Waals surface area contributed by atoms with Crippen LogP contribution >= 0.6 is 11.6 Å². The van der Waals surface area contributed by atoms with E-state index in [2.05, 4.69) is 38.1 Å². The monoisotopic (exact) mass is 185 g/mol. The molecular weight excluding hydrogens is 170 g/mol. The van der Waals surface area contributed by atoms with Gasteiger partial charge in [-0.25, -0.2) is 0 Å². The summed E-state index contributed by atoms with van der Waals surface area (Å²) in [7, 11) is 4.20. The first-order valence-electron chi connectivity index (χ1n) is 4.30. The molecule has 0 spiro atoms. The molecule has 0 radical (unpaired) electrons. The van der Waals surface area contributed by atoms with Gasteiger partial charge in [0.15, 0.2) is 0 Å². The Kier molecular flexibility index (Phi) is 3.36. The van der Waals surface area contributed by atoms with Gasteiger partial charge < -0.3 is 4.90 Å². The van der Waals surface area contributed by atoms with Crippen LogP contribution in [0.1, 0.15) is 6.92 Å². The van der Waals surface area contributed by atoms with Crippen LogP contribution < -0.4 is 0 Å². The van der Waals surface area contributed by atoms with Crippen LogP contribution in [0, 0.1) is 11.8 Å². The molecule has 1 aliphatic rings. The molecule has 0 saturated carbocycles. The Labute approximate surface area is 79.7 Å². The van der Waals surface area contributed by atoms with Crippen molar-refractivity contribution in [3.8, 4) is 0 Å². The number of nitrogens with zero attached hydrogens (tertiary/aromatic N) is 1. The number of allylic oxidation sites excluding steroid dienone is 3. The van der Waals surface area contributed by atoms with Crippen molar-refractivity contribution in [1.82, 2.24) is 4.90 Å². The van der Waals surface area contributed by atoms with Crippen LogP contribution in [0.25, 0.3) is 0 Å². The molecule has 1 rings (SSSR count). The van der Waals surface area contributed by atoms with E-state index in [9.17, 15) is 0 Å². The molecule has 0 heterocycles. The fourth-order valence-electron chi connectivity index (χ4n) is 1.47. The van der Waals surface area contributed by atoms with E-state index in [0.29, 0.717) is 11.8 Å². The van der Waals surface area contributed by atoms with E-state index in [1.165, 1.54) is 0 Å². The molecular formula is C10H16ClN. The smallest absolute Gasteiger partial charge is 0.0365 e. The summed E-state index contributed by atoms with van der Waals surface area (Å²) in [4.78, 5) is 2.21. The van der Waals surface area contributed by atoms with E-state index in [4.69, 9.17) is 11.6 Å². The third kappa shape index (κ3) is 2.65. The quantitative estimate of drug-likeness (QED) is 0.639. The molecule has 0 N–H and O–H groups in total. The second-order valence-corrected chi connectivity index (χ2v) is 4.13. The van der Waals surface area contributed by atoms with Gasteiger partial charge in [0.1, 0.15) is 0 Å². The summed E-state index contributed by atoms with van der Waals surface area (Å²) >= 11 is 5.87. The lowest BCUT2D eigenvalue weighted by atomic mass is 9.90. The topological polar surface area (TPSA) is 3.24 Å². The van der Waals surface area contributed by atoms with Gasteiger partial charge in [0.05, 0.1) is 0 Å². The Morgan fingerprint density at radius 3 is 2.67 bits per heavy atom. The first kappa shape index (κ1) is 9.82. The maximum atomic E-state index is 5.87. The van der Waals surface area contributed by atoms with Crippen LogP contribution in [0.5, 0.6) is 0 Å². The molecule has 2 atom stereocenters. The zero-order chi connectivity index (χ0) is 9.14. The van der Waals surface area contributed by atoms with Crippen molar-refractivity contribution in [3.05, 3.63) is 23.3 Å². The SMILES string of the molecule is CC1C=C(Cl)C=CC1CN(C)C. The van der Waals surface area contributed by atoms with Gasteiger partial charge in [0.2, 0.25) is 0 Å². The Bertz CT molecular complexity index is 206. The first-order chi connectivity index (χ1) is 5.59. The summed E-state index contributed by atoms with van der Waals surface area (Å²) < 4.78 is 0. The molecule has 12 heavy (non-hydrogen) atoms. The van der Waals surface area contributed by atoms with Gasteiger partial charge in [-0.05, 0) is 32.0 Å². The predicted octanol–water partition coefficient (Wildman–Crippen LogP) is 2.49. The van der Waals surface area contributed by atoms with Crippen molar-refractivity contribution in [1.29, 1.82) is 0 Å². The van der Waals surface area contributed by atoms with Gasteiger partial charge in [-0.2, -0.15) is 0 Å². The Balaban J connectivity index is 2.54. The lowest BCUT2D eigenvalue weighted by molar-refractivity contribution is 0.323. The summed E-state index contributed by atoms with van der Waals surface area (Å²) in [6, 6.07) is 0. The molecule has 0 saturated heterocycles. The molecule has 0 aromatic carbocycles. The van der Waals surface area contributed by atoms with Gasteiger partial charge in [-0.1, -0.05) is 30.7 Å². The van der Waals surface area contributed by atoms with Gasteiger partial charge in [0.25, 0.3) is 0 Å². The van der Waals surface area contributed by atoms with Crippen molar-refractivity contribution in [2.24, 2.45) is 11.8 Å². The van der Waals surface area contributed by atoms with Crippen molar-refractivity contribution in [2.45, 2.75) is 6.92 Å². The van der Waals surface area contributed by atoms with Crippen molar-refractivity contribution >= 4 is 11.6 Å². The standard InChI is InChI=1S/C10H16ClN/c1-8-6-10(11)5-4-9(8)7-12(2)3/h4-6,8-9H,7H2,1-3H3. The summed E-state index contributed by atoms with van der Waals surface area (Å²) in [6.45, 7) is 3.30. The van der Waals surface area contributed by atoms with E-state index in [1.54, 1.807) is 0 Å². The second kappa shape index (κ2) is 4.11. The highest BCUT2D eigenvalue weighted by Gasteiger charge is 2.16. The molecule has 0 bridgehead atoms. The summed E-state index contributed by atoms with van der Waals surface area (Å²) in [5, 5.41) is 0.873. The highest BCUT2D eigenvalue weighted by Crippen LogP contribution is 2.24. The van der Waals surface area contributed by atoms with Gasteiger partial charge in [-0.3, -0.25) is 0 Å². The van der Waals surface area contributed by atoms with Crippen LogP contribution in [0.15, 0.2) is 23.3 Å². The summed E-state index contributed by atoms with van der Waals surface area (Å²) in [5.74, 6) is 1.17. The molecule has 0 aromatic heterocycles. The molecule has 68 valence electrons. The first-order valence-corrected chi connectivity index (χ1v) is 4.67. The Morgan fingerprint density at radius 2 is 2.17 bits per heavy atom. The summed E-state index contributed by atoms with van der Waals surface area (Å²) in [5.41, 5.74) is 0. The molecule has 0 aromatic rings. The number of hydrogen-bond donors (Lipinski definition) is 0. The maximum Gasteiger partial charge on any atom is 0.0365 e. The van der Waals surface area contributed by atoms with E-state index in [-0.39, 0.29) is 0 Å². The Morgan fingerprint density at radius 1 is 1.50 bits per heavy atom. The molecule has 0 aliphatic heterocycles. The zero-order valence-electron chi connectivity index (χ0n) is 7.92. The van der Waals surface area contributed by atoms with Gasteiger partial charge in [0, 0.05) is 11.6 Å². The average Bonchev–Trinajstić information content (AvgIpc) is 1.94. The van der Waals surface area contributed by atoms with E-state index in [1.807, 2.05) is 6.08 Å². The molecule has 0 fully saturated rings. The maximum absolute atomic E-state index is 5.87. The highest BCUT2D eigenvalue weighted by molar-refractivity contribution is 6.31. The molecule has 2 unspecified atom stereocenters.